The highest BCUT2D eigenvalue weighted by Crippen LogP contribution is 2.34. The Labute approximate surface area is 122 Å². The van der Waals surface area contributed by atoms with E-state index in [0.29, 0.717) is 0 Å². The number of hydrogen-bond acceptors (Lipinski definition) is 3. The van der Waals surface area contributed by atoms with E-state index in [9.17, 15) is 0 Å². The number of aryl methyl sites for hydroxylation is 1. The van der Waals surface area contributed by atoms with Crippen LogP contribution in [0.3, 0.4) is 0 Å². The quantitative estimate of drug-likeness (QED) is 0.768. The molecular formula is C17H25NO2. The molecule has 3 heteroatoms. The summed E-state index contributed by atoms with van der Waals surface area (Å²) in [6, 6.07) is 4.17. The molecule has 1 aromatic carbocycles. The smallest absolute Gasteiger partial charge is 0.161 e. The monoisotopic (exact) mass is 275 g/mol. The van der Waals surface area contributed by atoms with E-state index in [1.807, 2.05) is 0 Å². The number of unbranched alkanes of at least 4 members (excludes halogenated alkanes) is 2. The summed E-state index contributed by atoms with van der Waals surface area (Å²) >= 11 is 0. The van der Waals surface area contributed by atoms with Crippen LogP contribution in [0.2, 0.25) is 0 Å². The maximum absolute atomic E-state index is 5.38. The van der Waals surface area contributed by atoms with E-state index >= 15 is 0 Å². The van der Waals surface area contributed by atoms with Crippen LogP contribution in [-0.2, 0) is 6.42 Å². The van der Waals surface area contributed by atoms with Gasteiger partial charge in [-0.05, 0) is 48.6 Å². The molecule has 0 unspecified atom stereocenters. The van der Waals surface area contributed by atoms with Crippen molar-refractivity contribution in [1.29, 1.82) is 0 Å². The van der Waals surface area contributed by atoms with E-state index in [4.69, 9.17) is 9.47 Å². The molecule has 0 atom stereocenters. The van der Waals surface area contributed by atoms with Crippen molar-refractivity contribution in [2.45, 2.75) is 39.0 Å². The fourth-order valence-corrected chi connectivity index (χ4v) is 2.58. The van der Waals surface area contributed by atoms with Crippen LogP contribution in [0.4, 0.5) is 0 Å². The molecule has 1 aromatic rings. The van der Waals surface area contributed by atoms with Gasteiger partial charge in [-0.25, -0.2) is 0 Å². The van der Waals surface area contributed by atoms with Crippen molar-refractivity contribution < 1.29 is 9.47 Å². The second kappa shape index (κ2) is 7.22. The number of allylic oxidation sites excluding steroid dienone is 1. The Morgan fingerprint density at radius 1 is 1.05 bits per heavy atom. The van der Waals surface area contributed by atoms with Crippen LogP contribution in [0.5, 0.6) is 11.5 Å². The van der Waals surface area contributed by atoms with E-state index < -0.39 is 0 Å². The standard InChI is InChI=1S/C17H25NO2/c1-4-5-6-9-18-15-8-7-13-11-16(19-2)17(20-3)12-14(13)10-15/h10-12,18H,4-9H2,1-3H3. The van der Waals surface area contributed by atoms with Crippen LogP contribution in [-0.4, -0.2) is 20.8 Å². The zero-order chi connectivity index (χ0) is 14.4. The lowest BCUT2D eigenvalue weighted by Crippen LogP contribution is -2.17. The maximum Gasteiger partial charge on any atom is 0.161 e. The molecule has 1 aliphatic rings. The average Bonchev–Trinajstić information content (AvgIpc) is 2.50. The molecule has 0 radical (unpaired) electrons. The largest absolute Gasteiger partial charge is 0.493 e. The van der Waals surface area contributed by atoms with Crippen LogP contribution in [0.15, 0.2) is 17.8 Å². The van der Waals surface area contributed by atoms with E-state index in [1.54, 1.807) is 14.2 Å². The SMILES string of the molecule is CCCCCNC1=Cc2cc(OC)c(OC)cc2CC1. The van der Waals surface area contributed by atoms with Crippen molar-refractivity contribution in [3.8, 4) is 11.5 Å². The molecule has 0 bridgehead atoms. The van der Waals surface area contributed by atoms with Gasteiger partial charge in [0, 0.05) is 12.2 Å². The summed E-state index contributed by atoms with van der Waals surface area (Å²) < 4.78 is 10.7. The summed E-state index contributed by atoms with van der Waals surface area (Å²) in [5.74, 6) is 1.62. The molecule has 0 spiro atoms. The third kappa shape index (κ3) is 3.47. The predicted molar refractivity (Wildman–Crippen MR) is 83.4 cm³/mol. The molecule has 0 saturated carbocycles. The van der Waals surface area contributed by atoms with Gasteiger partial charge in [0.15, 0.2) is 11.5 Å². The molecule has 2 rings (SSSR count). The third-order valence-corrected chi connectivity index (χ3v) is 3.77. The lowest BCUT2D eigenvalue weighted by Gasteiger charge is -2.20. The Hall–Kier alpha value is -1.64. The summed E-state index contributed by atoms with van der Waals surface area (Å²) in [7, 11) is 3.37. The van der Waals surface area contributed by atoms with Gasteiger partial charge in [0.1, 0.15) is 0 Å². The Bertz CT molecular complexity index is 480. The minimum atomic E-state index is 0.801. The van der Waals surface area contributed by atoms with E-state index in [1.165, 1.54) is 36.1 Å². The molecule has 0 heterocycles. The fourth-order valence-electron chi connectivity index (χ4n) is 2.58. The molecule has 1 aliphatic carbocycles. The first kappa shape index (κ1) is 14.8. The highest BCUT2D eigenvalue weighted by Gasteiger charge is 2.14. The maximum atomic E-state index is 5.38. The second-order valence-corrected chi connectivity index (χ2v) is 5.21. The molecule has 0 amide bonds. The van der Waals surface area contributed by atoms with Crippen LogP contribution in [0.25, 0.3) is 6.08 Å². The number of ether oxygens (including phenoxy) is 2. The number of nitrogens with one attached hydrogen (secondary N) is 1. The zero-order valence-corrected chi connectivity index (χ0v) is 12.8. The lowest BCUT2D eigenvalue weighted by molar-refractivity contribution is 0.354. The molecule has 0 aliphatic heterocycles. The van der Waals surface area contributed by atoms with Crippen molar-refractivity contribution in [3.63, 3.8) is 0 Å². The first-order valence-electron chi connectivity index (χ1n) is 7.47. The van der Waals surface area contributed by atoms with Gasteiger partial charge in [-0.1, -0.05) is 19.8 Å². The van der Waals surface area contributed by atoms with Crippen LogP contribution < -0.4 is 14.8 Å². The van der Waals surface area contributed by atoms with Crippen LogP contribution in [0, 0.1) is 0 Å². The van der Waals surface area contributed by atoms with Gasteiger partial charge in [-0.3, -0.25) is 0 Å². The Morgan fingerprint density at radius 2 is 1.80 bits per heavy atom. The minimum Gasteiger partial charge on any atom is -0.493 e. The number of rotatable bonds is 7. The summed E-state index contributed by atoms with van der Waals surface area (Å²) in [4.78, 5) is 0. The average molecular weight is 275 g/mol. The molecular weight excluding hydrogens is 250 g/mol. The topological polar surface area (TPSA) is 30.5 Å². The molecule has 3 nitrogen and oxygen atoms in total. The summed E-state index contributed by atoms with van der Waals surface area (Å²) in [5, 5.41) is 3.55. The summed E-state index contributed by atoms with van der Waals surface area (Å²) in [6.45, 7) is 3.30. The van der Waals surface area contributed by atoms with Gasteiger partial charge in [0.25, 0.3) is 0 Å². The summed E-state index contributed by atoms with van der Waals surface area (Å²) in [5.41, 5.74) is 3.91. The number of hydrogen-bond donors (Lipinski definition) is 1. The molecule has 0 aromatic heterocycles. The van der Waals surface area contributed by atoms with Crippen LogP contribution >= 0.6 is 0 Å². The molecule has 0 fully saturated rings. The molecule has 110 valence electrons. The van der Waals surface area contributed by atoms with Crippen molar-refractivity contribution in [1.82, 2.24) is 5.32 Å². The van der Waals surface area contributed by atoms with Gasteiger partial charge in [-0.15, -0.1) is 0 Å². The van der Waals surface area contributed by atoms with E-state index in [-0.39, 0.29) is 0 Å². The van der Waals surface area contributed by atoms with Gasteiger partial charge in [-0.2, -0.15) is 0 Å². The molecule has 0 saturated heterocycles. The van der Waals surface area contributed by atoms with Gasteiger partial charge < -0.3 is 14.8 Å². The van der Waals surface area contributed by atoms with Gasteiger partial charge >= 0.3 is 0 Å². The normalized spacial score (nSPS) is 13.4. The van der Waals surface area contributed by atoms with Crippen molar-refractivity contribution >= 4 is 6.08 Å². The van der Waals surface area contributed by atoms with E-state index in [0.717, 1.165) is 30.9 Å². The van der Waals surface area contributed by atoms with Crippen LogP contribution in [0.1, 0.15) is 43.7 Å². The fraction of sp³-hybridized carbons (Fsp3) is 0.529. The molecule has 20 heavy (non-hydrogen) atoms. The lowest BCUT2D eigenvalue weighted by atomic mass is 9.94. The third-order valence-electron chi connectivity index (χ3n) is 3.77. The first-order chi connectivity index (χ1) is 9.78. The Balaban J connectivity index is 2.09. The zero-order valence-electron chi connectivity index (χ0n) is 12.8. The number of fused-ring (bicyclic) bond motifs is 1. The number of benzene rings is 1. The van der Waals surface area contributed by atoms with Crippen molar-refractivity contribution in [3.05, 3.63) is 29.0 Å². The Morgan fingerprint density at radius 3 is 2.50 bits per heavy atom. The number of methoxy groups -OCH3 is 2. The van der Waals surface area contributed by atoms with Crippen molar-refractivity contribution in [2.75, 3.05) is 20.8 Å². The van der Waals surface area contributed by atoms with Gasteiger partial charge in [0.05, 0.1) is 14.2 Å². The first-order valence-corrected chi connectivity index (χ1v) is 7.47. The Kier molecular flexibility index (Phi) is 5.33. The highest BCUT2D eigenvalue weighted by molar-refractivity contribution is 5.64. The summed E-state index contributed by atoms with van der Waals surface area (Å²) in [6.07, 6.45) is 8.18. The van der Waals surface area contributed by atoms with Gasteiger partial charge in [0.2, 0.25) is 0 Å². The highest BCUT2D eigenvalue weighted by atomic mass is 16.5. The second-order valence-electron chi connectivity index (χ2n) is 5.21. The molecule has 1 N–H and O–H groups in total. The van der Waals surface area contributed by atoms with E-state index in [2.05, 4.69) is 30.4 Å². The predicted octanol–water partition coefficient (Wildman–Crippen LogP) is 3.77. The van der Waals surface area contributed by atoms with Crippen molar-refractivity contribution in [2.24, 2.45) is 0 Å². The minimum absolute atomic E-state index is 0.801.